The van der Waals surface area contributed by atoms with E-state index in [0.29, 0.717) is 12.1 Å². The number of ether oxygens (including phenoxy) is 1. The summed E-state index contributed by atoms with van der Waals surface area (Å²) in [6, 6.07) is 3.69. The maximum Gasteiger partial charge on any atom is 0.130 e. The van der Waals surface area contributed by atoms with Gasteiger partial charge in [-0.3, -0.25) is 0 Å². The minimum absolute atomic E-state index is 0.0148. The number of hydrogen-bond donors (Lipinski definition) is 1. The van der Waals surface area contributed by atoms with Gasteiger partial charge in [-0.15, -0.1) is 0 Å². The molecule has 0 aromatic heterocycles. The third-order valence-corrected chi connectivity index (χ3v) is 3.32. The van der Waals surface area contributed by atoms with Crippen LogP contribution in [0.15, 0.2) is 18.2 Å². The van der Waals surface area contributed by atoms with Gasteiger partial charge in [0, 0.05) is 36.9 Å². The minimum Gasteiger partial charge on any atom is -0.381 e. The Morgan fingerprint density at radius 3 is 2.65 bits per heavy atom. The van der Waals surface area contributed by atoms with E-state index in [9.17, 15) is 8.78 Å². The van der Waals surface area contributed by atoms with Crippen molar-refractivity contribution in [1.82, 2.24) is 5.32 Å². The molecule has 0 spiro atoms. The van der Waals surface area contributed by atoms with Crippen LogP contribution in [0.5, 0.6) is 0 Å². The SMILES string of the molecule is CC1(NCc2ccc(F)cc2F)CCOCC1. The Morgan fingerprint density at radius 1 is 1.29 bits per heavy atom. The summed E-state index contributed by atoms with van der Waals surface area (Å²) in [6.07, 6.45) is 1.83. The summed E-state index contributed by atoms with van der Waals surface area (Å²) in [5.74, 6) is -1.03. The third-order valence-electron chi connectivity index (χ3n) is 3.32. The zero-order valence-electron chi connectivity index (χ0n) is 9.93. The van der Waals surface area contributed by atoms with E-state index in [2.05, 4.69) is 12.2 Å². The average Bonchev–Trinajstić information content (AvgIpc) is 2.29. The summed E-state index contributed by atoms with van der Waals surface area (Å²) in [4.78, 5) is 0. The Labute approximate surface area is 100.0 Å². The number of hydrogen-bond acceptors (Lipinski definition) is 2. The van der Waals surface area contributed by atoms with E-state index in [-0.39, 0.29) is 5.54 Å². The highest BCUT2D eigenvalue weighted by Crippen LogP contribution is 2.20. The van der Waals surface area contributed by atoms with Crippen LogP contribution in [0.2, 0.25) is 0 Å². The Balaban J connectivity index is 1.97. The summed E-state index contributed by atoms with van der Waals surface area (Å²) in [7, 11) is 0. The molecule has 0 saturated carbocycles. The largest absolute Gasteiger partial charge is 0.381 e. The summed E-state index contributed by atoms with van der Waals surface area (Å²) in [5.41, 5.74) is 0.484. The van der Waals surface area contributed by atoms with Gasteiger partial charge in [-0.1, -0.05) is 6.07 Å². The zero-order chi connectivity index (χ0) is 12.3. The fourth-order valence-electron chi connectivity index (χ4n) is 1.97. The van der Waals surface area contributed by atoms with E-state index in [1.165, 1.54) is 12.1 Å². The van der Waals surface area contributed by atoms with Crippen LogP contribution >= 0.6 is 0 Å². The monoisotopic (exact) mass is 241 g/mol. The molecule has 1 aromatic rings. The first kappa shape index (κ1) is 12.5. The standard InChI is InChI=1S/C13H17F2NO/c1-13(4-6-17-7-5-13)16-9-10-2-3-11(14)8-12(10)15/h2-3,8,16H,4-7,9H2,1H3. The molecule has 2 nitrogen and oxygen atoms in total. The van der Waals surface area contributed by atoms with Crippen molar-refractivity contribution >= 4 is 0 Å². The van der Waals surface area contributed by atoms with Gasteiger partial charge in [0.25, 0.3) is 0 Å². The lowest BCUT2D eigenvalue weighted by molar-refractivity contribution is 0.0445. The number of rotatable bonds is 3. The van der Waals surface area contributed by atoms with Crippen LogP contribution in [-0.4, -0.2) is 18.8 Å². The Hall–Kier alpha value is -1.00. The molecule has 1 aliphatic rings. The van der Waals surface area contributed by atoms with Crippen LogP contribution in [0, 0.1) is 11.6 Å². The van der Waals surface area contributed by atoms with Crippen LogP contribution in [-0.2, 0) is 11.3 Å². The Morgan fingerprint density at radius 2 is 2.00 bits per heavy atom. The second-order valence-corrected chi connectivity index (χ2v) is 4.76. The fraction of sp³-hybridized carbons (Fsp3) is 0.538. The molecule has 1 N–H and O–H groups in total. The lowest BCUT2D eigenvalue weighted by Crippen LogP contribution is -2.46. The first-order valence-electron chi connectivity index (χ1n) is 5.86. The van der Waals surface area contributed by atoms with Crippen LogP contribution in [0.25, 0.3) is 0 Å². The summed E-state index contributed by atoms with van der Waals surface area (Å²) >= 11 is 0. The molecule has 0 amide bonds. The zero-order valence-corrected chi connectivity index (χ0v) is 9.93. The molecule has 0 unspecified atom stereocenters. The smallest absolute Gasteiger partial charge is 0.130 e. The summed E-state index contributed by atoms with van der Waals surface area (Å²) in [6.45, 7) is 3.99. The molecular formula is C13H17F2NO. The lowest BCUT2D eigenvalue weighted by Gasteiger charge is -2.34. The van der Waals surface area contributed by atoms with Crippen molar-refractivity contribution in [3.8, 4) is 0 Å². The van der Waals surface area contributed by atoms with Crippen molar-refractivity contribution in [2.24, 2.45) is 0 Å². The van der Waals surface area contributed by atoms with Crippen LogP contribution in [0.1, 0.15) is 25.3 Å². The molecule has 0 bridgehead atoms. The highest BCUT2D eigenvalue weighted by molar-refractivity contribution is 5.18. The van der Waals surface area contributed by atoms with Gasteiger partial charge in [0.1, 0.15) is 11.6 Å². The molecule has 2 rings (SSSR count). The van der Waals surface area contributed by atoms with Crippen molar-refractivity contribution in [2.45, 2.75) is 31.8 Å². The lowest BCUT2D eigenvalue weighted by atomic mass is 9.92. The molecular weight excluding hydrogens is 224 g/mol. The Bertz CT molecular complexity index is 389. The highest BCUT2D eigenvalue weighted by Gasteiger charge is 2.26. The predicted molar refractivity (Wildman–Crippen MR) is 61.7 cm³/mol. The molecule has 0 radical (unpaired) electrons. The molecule has 1 aromatic carbocycles. The van der Waals surface area contributed by atoms with E-state index < -0.39 is 11.6 Å². The van der Waals surface area contributed by atoms with Gasteiger partial charge in [-0.25, -0.2) is 8.78 Å². The highest BCUT2D eigenvalue weighted by atomic mass is 19.1. The van der Waals surface area contributed by atoms with Crippen LogP contribution in [0.4, 0.5) is 8.78 Å². The molecule has 1 aliphatic heterocycles. The maximum atomic E-state index is 13.4. The quantitative estimate of drug-likeness (QED) is 0.878. The van der Waals surface area contributed by atoms with E-state index in [0.717, 1.165) is 32.1 Å². The van der Waals surface area contributed by atoms with Crippen molar-refractivity contribution in [1.29, 1.82) is 0 Å². The van der Waals surface area contributed by atoms with E-state index in [1.54, 1.807) is 0 Å². The van der Waals surface area contributed by atoms with Crippen LogP contribution < -0.4 is 5.32 Å². The summed E-state index contributed by atoms with van der Waals surface area (Å²) < 4.78 is 31.5. The molecule has 94 valence electrons. The first-order valence-corrected chi connectivity index (χ1v) is 5.86. The molecule has 1 saturated heterocycles. The van der Waals surface area contributed by atoms with Gasteiger partial charge in [0.15, 0.2) is 0 Å². The Kier molecular flexibility index (Phi) is 3.74. The van der Waals surface area contributed by atoms with Gasteiger partial charge in [0.2, 0.25) is 0 Å². The molecule has 0 atom stereocenters. The van der Waals surface area contributed by atoms with E-state index >= 15 is 0 Å². The van der Waals surface area contributed by atoms with Crippen molar-refractivity contribution in [3.63, 3.8) is 0 Å². The minimum atomic E-state index is -0.538. The molecule has 1 heterocycles. The van der Waals surface area contributed by atoms with Crippen LogP contribution in [0.3, 0.4) is 0 Å². The van der Waals surface area contributed by atoms with Gasteiger partial charge in [-0.05, 0) is 25.8 Å². The predicted octanol–water partition coefficient (Wildman–Crippen LogP) is 2.62. The van der Waals surface area contributed by atoms with E-state index in [1.807, 2.05) is 0 Å². The van der Waals surface area contributed by atoms with Gasteiger partial charge < -0.3 is 10.1 Å². The molecule has 4 heteroatoms. The van der Waals surface area contributed by atoms with Crippen molar-refractivity contribution in [2.75, 3.05) is 13.2 Å². The van der Waals surface area contributed by atoms with E-state index in [4.69, 9.17) is 4.74 Å². The summed E-state index contributed by atoms with van der Waals surface area (Å²) in [5, 5.41) is 3.33. The second-order valence-electron chi connectivity index (χ2n) is 4.76. The number of nitrogens with one attached hydrogen (secondary N) is 1. The normalized spacial score (nSPS) is 19.2. The fourth-order valence-corrected chi connectivity index (χ4v) is 1.97. The molecule has 0 aliphatic carbocycles. The second kappa shape index (κ2) is 5.10. The third kappa shape index (κ3) is 3.23. The maximum absolute atomic E-state index is 13.4. The number of halogens is 2. The topological polar surface area (TPSA) is 21.3 Å². The molecule has 17 heavy (non-hydrogen) atoms. The van der Waals surface area contributed by atoms with Crippen molar-refractivity contribution in [3.05, 3.63) is 35.4 Å². The molecule has 1 fully saturated rings. The van der Waals surface area contributed by atoms with Crippen molar-refractivity contribution < 1.29 is 13.5 Å². The van der Waals surface area contributed by atoms with Gasteiger partial charge in [0.05, 0.1) is 0 Å². The first-order chi connectivity index (χ1) is 8.09. The number of benzene rings is 1. The van der Waals surface area contributed by atoms with Gasteiger partial charge in [-0.2, -0.15) is 0 Å². The average molecular weight is 241 g/mol. The van der Waals surface area contributed by atoms with Gasteiger partial charge >= 0.3 is 0 Å².